The van der Waals surface area contributed by atoms with Gasteiger partial charge in [-0.25, -0.2) is 4.79 Å². The van der Waals surface area contributed by atoms with Crippen LogP contribution in [0.15, 0.2) is 12.2 Å². The lowest BCUT2D eigenvalue weighted by molar-refractivity contribution is 0.0534. The summed E-state index contributed by atoms with van der Waals surface area (Å²) in [5.41, 5.74) is -0.441. The molecule has 0 rings (SSSR count). The standard InChI is InChI=1S/C15H30N2O2/c1-6-10-13(7-2)16-11-8-9-12-17-14(18)19-15(3,4)5/h8-9,13,16H,6-7,10-12H2,1-5H3,(H,17,18)/b9-8+. The molecule has 0 aliphatic heterocycles. The zero-order chi connectivity index (χ0) is 14.7. The Kier molecular flexibility index (Phi) is 9.31. The van der Waals surface area contributed by atoms with Crippen LogP contribution in [0.4, 0.5) is 4.79 Å². The quantitative estimate of drug-likeness (QED) is 0.666. The zero-order valence-corrected chi connectivity index (χ0v) is 13.1. The summed E-state index contributed by atoms with van der Waals surface area (Å²) in [5.74, 6) is 0. The van der Waals surface area contributed by atoms with Gasteiger partial charge < -0.3 is 15.4 Å². The van der Waals surface area contributed by atoms with Crippen LogP contribution in [0.5, 0.6) is 0 Å². The molecule has 0 fully saturated rings. The fourth-order valence-corrected chi connectivity index (χ4v) is 1.66. The van der Waals surface area contributed by atoms with Crippen molar-refractivity contribution in [1.82, 2.24) is 10.6 Å². The molecule has 19 heavy (non-hydrogen) atoms. The van der Waals surface area contributed by atoms with Crippen molar-refractivity contribution in [2.75, 3.05) is 13.1 Å². The summed E-state index contributed by atoms with van der Waals surface area (Å²) in [6, 6.07) is 0.591. The van der Waals surface area contributed by atoms with Gasteiger partial charge in [-0.1, -0.05) is 32.4 Å². The van der Waals surface area contributed by atoms with Crippen LogP contribution in [0.3, 0.4) is 0 Å². The van der Waals surface area contributed by atoms with E-state index in [9.17, 15) is 4.79 Å². The molecule has 4 heteroatoms. The smallest absolute Gasteiger partial charge is 0.407 e. The Morgan fingerprint density at radius 2 is 1.84 bits per heavy atom. The first-order valence-electron chi connectivity index (χ1n) is 7.24. The Balaban J connectivity index is 3.66. The van der Waals surface area contributed by atoms with Gasteiger partial charge >= 0.3 is 6.09 Å². The van der Waals surface area contributed by atoms with E-state index in [-0.39, 0.29) is 6.09 Å². The van der Waals surface area contributed by atoms with E-state index in [0.717, 1.165) is 13.0 Å². The van der Waals surface area contributed by atoms with Crippen LogP contribution in [-0.4, -0.2) is 30.8 Å². The Morgan fingerprint density at radius 3 is 2.37 bits per heavy atom. The predicted molar refractivity (Wildman–Crippen MR) is 80.4 cm³/mol. The summed E-state index contributed by atoms with van der Waals surface area (Å²) in [6.45, 7) is 11.3. The Bertz CT molecular complexity index is 270. The summed E-state index contributed by atoms with van der Waals surface area (Å²) in [5, 5.41) is 6.16. The number of nitrogens with one attached hydrogen (secondary N) is 2. The van der Waals surface area contributed by atoms with Crippen LogP contribution >= 0.6 is 0 Å². The van der Waals surface area contributed by atoms with Crippen LogP contribution < -0.4 is 10.6 Å². The molecule has 1 amide bonds. The van der Waals surface area contributed by atoms with Gasteiger partial charge in [0, 0.05) is 19.1 Å². The molecule has 112 valence electrons. The average molecular weight is 270 g/mol. The minimum atomic E-state index is -0.441. The van der Waals surface area contributed by atoms with Gasteiger partial charge in [0.05, 0.1) is 0 Å². The summed E-state index contributed by atoms with van der Waals surface area (Å²) >= 11 is 0. The van der Waals surface area contributed by atoms with Crippen LogP contribution in [-0.2, 0) is 4.74 Å². The zero-order valence-electron chi connectivity index (χ0n) is 13.1. The van der Waals surface area contributed by atoms with Gasteiger partial charge in [-0.3, -0.25) is 0 Å². The van der Waals surface area contributed by atoms with Crippen molar-refractivity contribution in [1.29, 1.82) is 0 Å². The maximum absolute atomic E-state index is 11.3. The molecule has 0 aliphatic rings. The highest BCUT2D eigenvalue weighted by Gasteiger charge is 2.14. The van der Waals surface area contributed by atoms with E-state index in [1.807, 2.05) is 32.9 Å². The molecule has 0 radical (unpaired) electrons. The van der Waals surface area contributed by atoms with Gasteiger partial charge in [-0.2, -0.15) is 0 Å². The molecule has 0 bridgehead atoms. The summed E-state index contributed by atoms with van der Waals surface area (Å²) in [6.07, 6.45) is 7.17. The fourth-order valence-electron chi connectivity index (χ4n) is 1.66. The van der Waals surface area contributed by atoms with Gasteiger partial charge in [-0.15, -0.1) is 0 Å². The highest BCUT2D eigenvalue weighted by molar-refractivity contribution is 5.67. The molecule has 0 aliphatic carbocycles. The first-order valence-corrected chi connectivity index (χ1v) is 7.24. The Hall–Kier alpha value is -1.03. The number of alkyl carbamates (subject to hydrolysis) is 1. The van der Waals surface area contributed by atoms with E-state index in [1.165, 1.54) is 12.8 Å². The van der Waals surface area contributed by atoms with Gasteiger partial charge in [-0.05, 0) is 33.6 Å². The van der Waals surface area contributed by atoms with E-state index >= 15 is 0 Å². The number of carbonyl (C=O) groups is 1. The van der Waals surface area contributed by atoms with Crippen LogP contribution in [0.2, 0.25) is 0 Å². The second kappa shape index (κ2) is 9.84. The van der Waals surface area contributed by atoms with E-state index in [2.05, 4.69) is 24.5 Å². The molecular formula is C15H30N2O2. The summed E-state index contributed by atoms with van der Waals surface area (Å²) < 4.78 is 5.13. The third kappa shape index (κ3) is 11.8. The van der Waals surface area contributed by atoms with E-state index < -0.39 is 5.60 Å². The third-order valence-electron chi connectivity index (χ3n) is 2.58. The maximum Gasteiger partial charge on any atom is 0.407 e. The second-order valence-electron chi connectivity index (χ2n) is 5.66. The lowest BCUT2D eigenvalue weighted by Gasteiger charge is -2.19. The maximum atomic E-state index is 11.3. The molecule has 1 atom stereocenters. The first-order chi connectivity index (χ1) is 8.89. The molecule has 0 heterocycles. The molecule has 1 unspecified atom stereocenters. The normalized spacial score (nSPS) is 13.5. The molecule has 4 nitrogen and oxygen atoms in total. The SMILES string of the molecule is CCCC(CC)NC/C=C/CNC(=O)OC(C)(C)C. The van der Waals surface area contributed by atoms with Crippen molar-refractivity contribution < 1.29 is 9.53 Å². The van der Waals surface area contributed by atoms with Gasteiger partial charge in [0.2, 0.25) is 0 Å². The Morgan fingerprint density at radius 1 is 1.21 bits per heavy atom. The summed E-state index contributed by atoms with van der Waals surface area (Å²) in [7, 11) is 0. The number of carbonyl (C=O) groups excluding carboxylic acids is 1. The van der Waals surface area contributed by atoms with Gasteiger partial charge in [0.15, 0.2) is 0 Å². The Labute approximate surface area is 118 Å². The highest BCUT2D eigenvalue weighted by Crippen LogP contribution is 2.06. The number of hydrogen-bond donors (Lipinski definition) is 2. The average Bonchev–Trinajstić information content (AvgIpc) is 2.29. The molecular weight excluding hydrogens is 240 g/mol. The molecule has 0 spiro atoms. The summed E-state index contributed by atoms with van der Waals surface area (Å²) in [4.78, 5) is 11.3. The number of rotatable bonds is 8. The topological polar surface area (TPSA) is 50.4 Å². The molecule has 2 N–H and O–H groups in total. The van der Waals surface area contributed by atoms with Crippen molar-refractivity contribution in [3.8, 4) is 0 Å². The van der Waals surface area contributed by atoms with Crippen LogP contribution in [0.25, 0.3) is 0 Å². The second-order valence-corrected chi connectivity index (χ2v) is 5.66. The third-order valence-corrected chi connectivity index (χ3v) is 2.58. The molecule has 0 aromatic carbocycles. The fraction of sp³-hybridized carbons (Fsp3) is 0.800. The van der Waals surface area contributed by atoms with Crippen molar-refractivity contribution in [3.05, 3.63) is 12.2 Å². The number of amides is 1. The molecule has 0 aromatic heterocycles. The molecule has 0 saturated carbocycles. The van der Waals surface area contributed by atoms with E-state index in [1.54, 1.807) is 0 Å². The van der Waals surface area contributed by atoms with Crippen molar-refractivity contribution in [2.24, 2.45) is 0 Å². The number of hydrogen-bond acceptors (Lipinski definition) is 3. The van der Waals surface area contributed by atoms with Crippen molar-refractivity contribution in [3.63, 3.8) is 0 Å². The largest absolute Gasteiger partial charge is 0.444 e. The van der Waals surface area contributed by atoms with Crippen LogP contribution in [0, 0.1) is 0 Å². The first kappa shape index (κ1) is 18.0. The number of ether oxygens (including phenoxy) is 1. The lowest BCUT2D eigenvalue weighted by Crippen LogP contribution is -2.32. The van der Waals surface area contributed by atoms with E-state index in [0.29, 0.717) is 12.6 Å². The minimum absolute atomic E-state index is 0.373. The highest BCUT2D eigenvalue weighted by atomic mass is 16.6. The van der Waals surface area contributed by atoms with Crippen LogP contribution in [0.1, 0.15) is 53.9 Å². The van der Waals surface area contributed by atoms with Gasteiger partial charge in [0.1, 0.15) is 5.60 Å². The van der Waals surface area contributed by atoms with E-state index in [4.69, 9.17) is 4.74 Å². The lowest BCUT2D eigenvalue weighted by atomic mass is 10.1. The van der Waals surface area contributed by atoms with Crippen molar-refractivity contribution >= 4 is 6.09 Å². The molecule has 0 aromatic rings. The molecule has 0 saturated heterocycles. The van der Waals surface area contributed by atoms with Crippen molar-refractivity contribution in [2.45, 2.75) is 65.5 Å². The van der Waals surface area contributed by atoms with Gasteiger partial charge in [0.25, 0.3) is 0 Å². The minimum Gasteiger partial charge on any atom is -0.444 e. The monoisotopic (exact) mass is 270 g/mol. The predicted octanol–water partition coefficient (Wildman–Crippen LogP) is 3.24.